The highest BCUT2D eigenvalue weighted by molar-refractivity contribution is 5.75. The van der Waals surface area contributed by atoms with E-state index in [9.17, 15) is 9.90 Å². The van der Waals surface area contributed by atoms with Crippen molar-refractivity contribution in [1.29, 1.82) is 0 Å². The maximum atomic E-state index is 11.7. The zero-order chi connectivity index (χ0) is 13.3. The zero-order valence-electron chi connectivity index (χ0n) is 12.0. The van der Waals surface area contributed by atoms with Gasteiger partial charge in [-0.3, -0.25) is 9.69 Å². The average molecular weight is 253 g/mol. The lowest BCUT2D eigenvalue weighted by Gasteiger charge is -2.39. The molecule has 0 amide bonds. The first-order valence-corrected chi connectivity index (χ1v) is 7.40. The summed E-state index contributed by atoms with van der Waals surface area (Å²) in [5.74, 6) is 0.849. The minimum atomic E-state index is -0.568. The van der Waals surface area contributed by atoms with Crippen LogP contribution in [0.2, 0.25) is 0 Å². The van der Waals surface area contributed by atoms with Gasteiger partial charge in [-0.2, -0.15) is 0 Å². The van der Waals surface area contributed by atoms with Crippen molar-refractivity contribution in [2.75, 3.05) is 13.1 Å². The van der Waals surface area contributed by atoms with Gasteiger partial charge in [0.1, 0.15) is 0 Å². The lowest BCUT2D eigenvalue weighted by Crippen LogP contribution is -2.46. The molecular weight excluding hydrogens is 226 g/mol. The Kier molecular flexibility index (Phi) is 4.00. The Morgan fingerprint density at radius 2 is 1.83 bits per heavy atom. The molecule has 2 rings (SSSR count). The van der Waals surface area contributed by atoms with Crippen LogP contribution in [-0.2, 0) is 4.79 Å². The molecule has 2 fully saturated rings. The molecule has 3 nitrogen and oxygen atoms in total. The normalized spacial score (nSPS) is 42.1. The molecule has 18 heavy (non-hydrogen) atoms. The van der Waals surface area contributed by atoms with Gasteiger partial charge in [-0.05, 0) is 50.9 Å². The molecule has 3 heteroatoms. The summed E-state index contributed by atoms with van der Waals surface area (Å²) in [5.41, 5.74) is -0.467. The van der Waals surface area contributed by atoms with E-state index in [-0.39, 0.29) is 0 Å². The molecule has 0 aromatic rings. The minimum absolute atomic E-state index is 0.467. The van der Waals surface area contributed by atoms with Crippen molar-refractivity contribution in [2.24, 2.45) is 17.3 Å². The number of rotatable bonds is 3. The number of hydrogen-bond donors (Lipinski definition) is 1. The first kappa shape index (κ1) is 13.9. The second-order valence-corrected chi connectivity index (χ2v) is 6.89. The molecule has 0 bridgehead atoms. The Labute approximate surface area is 111 Å². The van der Waals surface area contributed by atoms with E-state index in [4.69, 9.17) is 0 Å². The van der Waals surface area contributed by atoms with Crippen LogP contribution in [0.25, 0.3) is 0 Å². The second-order valence-electron chi connectivity index (χ2n) is 6.89. The predicted molar refractivity (Wildman–Crippen MR) is 72.5 cm³/mol. The third kappa shape index (κ3) is 2.71. The van der Waals surface area contributed by atoms with Crippen LogP contribution in [0.3, 0.4) is 0 Å². The molecule has 2 atom stereocenters. The van der Waals surface area contributed by atoms with E-state index >= 15 is 0 Å². The fourth-order valence-corrected chi connectivity index (χ4v) is 3.75. The van der Waals surface area contributed by atoms with Gasteiger partial charge in [0.25, 0.3) is 0 Å². The highest BCUT2D eigenvalue weighted by Gasteiger charge is 2.44. The molecule has 2 unspecified atom stereocenters. The lowest BCUT2D eigenvalue weighted by molar-refractivity contribution is -0.153. The van der Waals surface area contributed by atoms with Gasteiger partial charge in [-0.25, -0.2) is 0 Å². The Morgan fingerprint density at radius 1 is 1.22 bits per heavy atom. The smallest absolute Gasteiger partial charge is 0.310 e. The van der Waals surface area contributed by atoms with Crippen LogP contribution in [0.15, 0.2) is 0 Å². The van der Waals surface area contributed by atoms with Gasteiger partial charge < -0.3 is 5.11 Å². The summed E-state index contributed by atoms with van der Waals surface area (Å²) in [6.07, 6.45) is 5.09. The Balaban J connectivity index is 2.05. The van der Waals surface area contributed by atoms with E-state index in [1.807, 2.05) is 0 Å². The predicted octanol–water partition coefficient (Wildman–Crippen LogP) is 3.00. The number of hydrogen-bond acceptors (Lipinski definition) is 2. The molecule has 1 aliphatic heterocycles. The maximum Gasteiger partial charge on any atom is 0.310 e. The van der Waals surface area contributed by atoms with Crippen LogP contribution in [0, 0.1) is 17.3 Å². The third-order valence-electron chi connectivity index (χ3n) is 5.10. The van der Waals surface area contributed by atoms with E-state index in [1.54, 1.807) is 0 Å². The first-order valence-electron chi connectivity index (χ1n) is 7.40. The van der Waals surface area contributed by atoms with Crippen molar-refractivity contribution in [3.05, 3.63) is 0 Å². The monoisotopic (exact) mass is 253 g/mol. The Morgan fingerprint density at radius 3 is 2.28 bits per heavy atom. The summed E-state index contributed by atoms with van der Waals surface area (Å²) >= 11 is 0. The highest BCUT2D eigenvalue weighted by atomic mass is 16.4. The molecule has 2 aliphatic rings. The van der Waals surface area contributed by atoms with Gasteiger partial charge in [0.05, 0.1) is 5.41 Å². The number of likely N-dealkylation sites (tertiary alicyclic amines) is 1. The van der Waals surface area contributed by atoms with E-state index in [1.165, 1.54) is 6.42 Å². The zero-order valence-corrected chi connectivity index (χ0v) is 12.0. The average Bonchev–Trinajstić information content (AvgIpc) is 2.60. The SMILES string of the molecule is CC1CCC(CN2CC(C)CC2C)(C(=O)O)CC1. The molecule has 0 spiro atoms. The molecule has 0 aromatic heterocycles. The highest BCUT2D eigenvalue weighted by Crippen LogP contribution is 2.41. The fourth-order valence-electron chi connectivity index (χ4n) is 3.75. The van der Waals surface area contributed by atoms with Crippen LogP contribution >= 0.6 is 0 Å². The quantitative estimate of drug-likeness (QED) is 0.840. The molecule has 1 N–H and O–H groups in total. The molecule has 0 radical (unpaired) electrons. The molecule has 1 saturated carbocycles. The van der Waals surface area contributed by atoms with Gasteiger partial charge in [0, 0.05) is 19.1 Å². The summed E-state index contributed by atoms with van der Waals surface area (Å²) < 4.78 is 0. The number of aliphatic carboxylic acids is 1. The largest absolute Gasteiger partial charge is 0.481 e. The number of carbonyl (C=O) groups is 1. The molecular formula is C15H27NO2. The summed E-state index contributed by atoms with van der Waals surface area (Å²) in [5, 5.41) is 9.66. The second kappa shape index (κ2) is 5.20. The standard InChI is InChI=1S/C15H27NO2/c1-11-4-6-15(7-5-11,14(17)18)10-16-9-12(2)8-13(16)3/h11-13H,4-10H2,1-3H3,(H,17,18). The molecule has 1 aliphatic carbocycles. The first-order chi connectivity index (χ1) is 8.43. The van der Waals surface area contributed by atoms with Crippen LogP contribution in [0.1, 0.15) is 52.9 Å². The van der Waals surface area contributed by atoms with Gasteiger partial charge in [0.2, 0.25) is 0 Å². The molecule has 0 aromatic carbocycles. The molecule has 1 heterocycles. The van der Waals surface area contributed by atoms with E-state index < -0.39 is 11.4 Å². The summed E-state index contributed by atoms with van der Waals surface area (Å²) in [7, 11) is 0. The Bertz CT molecular complexity index is 308. The number of nitrogens with zero attached hydrogens (tertiary/aromatic N) is 1. The van der Waals surface area contributed by atoms with Crippen molar-refractivity contribution in [3.63, 3.8) is 0 Å². The Hall–Kier alpha value is -0.570. The van der Waals surface area contributed by atoms with Crippen molar-refractivity contribution in [1.82, 2.24) is 4.90 Å². The molecule has 1 saturated heterocycles. The summed E-state index contributed by atoms with van der Waals surface area (Å²) in [6.45, 7) is 8.59. The van der Waals surface area contributed by atoms with Gasteiger partial charge in [-0.1, -0.05) is 13.8 Å². The van der Waals surface area contributed by atoms with Crippen molar-refractivity contribution < 1.29 is 9.90 Å². The molecule has 104 valence electrons. The lowest BCUT2D eigenvalue weighted by atomic mass is 9.70. The number of carboxylic acid groups (broad SMARTS) is 1. The van der Waals surface area contributed by atoms with E-state index in [2.05, 4.69) is 25.7 Å². The summed E-state index contributed by atoms with van der Waals surface area (Å²) in [4.78, 5) is 14.1. The third-order valence-corrected chi connectivity index (χ3v) is 5.10. The van der Waals surface area contributed by atoms with Gasteiger partial charge in [-0.15, -0.1) is 0 Å². The van der Waals surface area contributed by atoms with Crippen LogP contribution in [0.4, 0.5) is 0 Å². The van der Waals surface area contributed by atoms with Gasteiger partial charge >= 0.3 is 5.97 Å². The van der Waals surface area contributed by atoms with Crippen LogP contribution in [0.5, 0.6) is 0 Å². The summed E-state index contributed by atoms with van der Waals surface area (Å²) in [6, 6.07) is 0.551. The topological polar surface area (TPSA) is 40.5 Å². The van der Waals surface area contributed by atoms with Crippen molar-refractivity contribution >= 4 is 5.97 Å². The van der Waals surface area contributed by atoms with Crippen molar-refractivity contribution in [2.45, 2.75) is 58.9 Å². The van der Waals surface area contributed by atoms with Gasteiger partial charge in [0.15, 0.2) is 0 Å². The van der Waals surface area contributed by atoms with E-state index in [0.717, 1.165) is 38.8 Å². The minimum Gasteiger partial charge on any atom is -0.481 e. The maximum absolute atomic E-state index is 11.7. The van der Waals surface area contributed by atoms with Crippen LogP contribution in [-0.4, -0.2) is 35.1 Å². The number of carboxylic acids is 1. The van der Waals surface area contributed by atoms with E-state index in [0.29, 0.717) is 17.9 Å². The fraction of sp³-hybridized carbons (Fsp3) is 0.933. The van der Waals surface area contributed by atoms with Crippen LogP contribution < -0.4 is 0 Å². The van der Waals surface area contributed by atoms with Crippen molar-refractivity contribution in [3.8, 4) is 0 Å².